The zero-order valence-electron chi connectivity index (χ0n) is 14.0. The van der Waals surface area contributed by atoms with E-state index in [1.807, 2.05) is 6.92 Å². The summed E-state index contributed by atoms with van der Waals surface area (Å²) in [7, 11) is -3.55. The molecule has 0 aromatic heterocycles. The number of nitrogens with one attached hydrogen (secondary N) is 2. The van der Waals surface area contributed by atoms with Crippen LogP contribution in [-0.4, -0.2) is 32.5 Å². The van der Waals surface area contributed by atoms with Gasteiger partial charge in [-0.1, -0.05) is 48.0 Å². The molecule has 0 radical (unpaired) electrons. The van der Waals surface area contributed by atoms with Crippen molar-refractivity contribution in [3.63, 3.8) is 0 Å². The van der Waals surface area contributed by atoms with Gasteiger partial charge in [-0.15, -0.1) is 0 Å². The van der Waals surface area contributed by atoms with E-state index in [2.05, 4.69) is 10.0 Å². The minimum atomic E-state index is -3.55. The van der Waals surface area contributed by atoms with Crippen LogP contribution >= 0.6 is 0 Å². The van der Waals surface area contributed by atoms with Gasteiger partial charge in [-0.2, -0.15) is 0 Å². The third kappa shape index (κ3) is 5.67. The highest BCUT2D eigenvalue weighted by molar-refractivity contribution is 7.89. The van der Waals surface area contributed by atoms with E-state index in [1.54, 1.807) is 54.6 Å². The maximum Gasteiger partial charge on any atom is 0.253 e. The van der Waals surface area contributed by atoms with Crippen LogP contribution in [0.3, 0.4) is 0 Å². The van der Waals surface area contributed by atoms with E-state index >= 15 is 0 Å². The van der Waals surface area contributed by atoms with Crippen molar-refractivity contribution >= 4 is 15.9 Å². The molecule has 0 unspecified atom stereocenters. The summed E-state index contributed by atoms with van der Waals surface area (Å²) in [6.07, 6.45) is -0.816. The predicted molar refractivity (Wildman–Crippen MR) is 95.4 cm³/mol. The Bertz CT molecular complexity index is 790. The van der Waals surface area contributed by atoms with Gasteiger partial charge in [0.2, 0.25) is 10.0 Å². The standard InChI is InChI=1S/C18H22N2O4S/c1-14-8-10-16(11-9-14)25(23,24)20-13-5-12-19-18(22)17(21)15-6-3-2-4-7-15/h2-4,6-11,17,20-21H,5,12-13H2,1H3,(H,19,22)/t17-/m1/s1. The van der Waals surface area contributed by atoms with E-state index in [1.165, 1.54) is 0 Å². The van der Waals surface area contributed by atoms with Crippen LogP contribution in [0.1, 0.15) is 23.7 Å². The zero-order valence-corrected chi connectivity index (χ0v) is 14.8. The topological polar surface area (TPSA) is 95.5 Å². The summed E-state index contributed by atoms with van der Waals surface area (Å²) in [5.41, 5.74) is 1.50. The first-order valence-electron chi connectivity index (χ1n) is 7.97. The lowest BCUT2D eigenvalue weighted by molar-refractivity contribution is -0.129. The Hall–Kier alpha value is -2.22. The van der Waals surface area contributed by atoms with Gasteiger partial charge < -0.3 is 10.4 Å². The Morgan fingerprint density at radius 2 is 1.68 bits per heavy atom. The smallest absolute Gasteiger partial charge is 0.253 e. The first-order valence-corrected chi connectivity index (χ1v) is 9.45. The molecule has 0 saturated carbocycles. The first kappa shape index (κ1) is 19.1. The largest absolute Gasteiger partial charge is 0.378 e. The SMILES string of the molecule is Cc1ccc(S(=O)(=O)NCCCNC(=O)[C@H](O)c2ccccc2)cc1. The van der Waals surface area contributed by atoms with Crippen LogP contribution in [0.2, 0.25) is 0 Å². The van der Waals surface area contributed by atoms with Crippen LogP contribution in [0.4, 0.5) is 0 Å². The van der Waals surface area contributed by atoms with Gasteiger partial charge in [0, 0.05) is 13.1 Å². The number of hydrogen-bond acceptors (Lipinski definition) is 4. The molecule has 2 aromatic rings. The predicted octanol–water partition coefficient (Wildman–Crippen LogP) is 1.51. The van der Waals surface area contributed by atoms with E-state index in [0.717, 1.165) is 5.56 Å². The third-order valence-corrected chi connectivity index (χ3v) is 5.12. The Morgan fingerprint density at radius 1 is 1.04 bits per heavy atom. The minimum Gasteiger partial charge on any atom is -0.378 e. The molecule has 0 aliphatic carbocycles. The van der Waals surface area contributed by atoms with Crippen molar-refractivity contribution in [1.82, 2.24) is 10.0 Å². The number of aliphatic hydroxyl groups is 1. The summed E-state index contributed by atoms with van der Waals surface area (Å²) in [5.74, 6) is -0.507. The van der Waals surface area contributed by atoms with Gasteiger partial charge in [-0.3, -0.25) is 4.79 Å². The second-order valence-electron chi connectivity index (χ2n) is 5.67. The van der Waals surface area contributed by atoms with Gasteiger partial charge in [-0.05, 0) is 31.0 Å². The lowest BCUT2D eigenvalue weighted by atomic mass is 10.1. The molecule has 0 heterocycles. The molecule has 0 saturated heterocycles. The third-order valence-electron chi connectivity index (χ3n) is 3.64. The summed E-state index contributed by atoms with van der Waals surface area (Å²) in [5, 5.41) is 12.5. The van der Waals surface area contributed by atoms with E-state index in [4.69, 9.17) is 0 Å². The van der Waals surface area contributed by atoms with Crippen molar-refractivity contribution in [2.75, 3.05) is 13.1 Å². The van der Waals surface area contributed by atoms with Crippen LogP contribution in [0.25, 0.3) is 0 Å². The van der Waals surface area contributed by atoms with Crippen molar-refractivity contribution in [2.24, 2.45) is 0 Å². The van der Waals surface area contributed by atoms with Crippen molar-refractivity contribution in [3.8, 4) is 0 Å². The van der Waals surface area contributed by atoms with Crippen molar-refractivity contribution in [1.29, 1.82) is 0 Å². The molecule has 1 atom stereocenters. The highest BCUT2D eigenvalue weighted by Crippen LogP contribution is 2.12. The molecule has 0 bridgehead atoms. The Balaban J connectivity index is 1.74. The first-order chi connectivity index (χ1) is 11.9. The van der Waals surface area contributed by atoms with E-state index < -0.39 is 22.0 Å². The minimum absolute atomic E-state index is 0.192. The summed E-state index contributed by atoms with van der Waals surface area (Å²) < 4.78 is 26.7. The second kappa shape index (κ2) is 8.75. The van der Waals surface area contributed by atoms with Crippen molar-refractivity contribution in [2.45, 2.75) is 24.3 Å². The zero-order chi connectivity index (χ0) is 18.3. The van der Waals surface area contributed by atoms with Crippen molar-refractivity contribution in [3.05, 3.63) is 65.7 Å². The summed E-state index contributed by atoms with van der Waals surface area (Å²) in [6, 6.07) is 15.2. The number of aliphatic hydroxyl groups excluding tert-OH is 1. The fourth-order valence-corrected chi connectivity index (χ4v) is 3.26. The number of carbonyl (C=O) groups excluding carboxylic acids is 1. The molecule has 25 heavy (non-hydrogen) atoms. The van der Waals surface area contributed by atoms with E-state index in [9.17, 15) is 18.3 Å². The molecular formula is C18H22N2O4S. The van der Waals surface area contributed by atoms with Crippen molar-refractivity contribution < 1.29 is 18.3 Å². The van der Waals surface area contributed by atoms with E-state index in [0.29, 0.717) is 12.0 Å². The number of hydrogen-bond donors (Lipinski definition) is 3. The molecule has 7 heteroatoms. The number of aryl methyl sites for hydroxylation is 1. The summed E-state index contributed by atoms with van der Waals surface area (Å²) in [6.45, 7) is 2.34. The highest BCUT2D eigenvalue weighted by Gasteiger charge is 2.16. The Labute approximate surface area is 147 Å². The maximum absolute atomic E-state index is 12.1. The van der Waals surface area contributed by atoms with Gasteiger partial charge in [0.1, 0.15) is 0 Å². The van der Waals surface area contributed by atoms with Crippen LogP contribution < -0.4 is 10.0 Å². The van der Waals surface area contributed by atoms with E-state index in [-0.39, 0.29) is 18.0 Å². The summed E-state index contributed by atoms with van der Waals surface area (Å²) >= 11 is 0. The molecule has 6 nitrogen and oxygen atoms in total. The molecule has 2 aromatic carbocycles. The second-order valence-corrected chi connectivity index (χ2v) is 7.44. The molecule has 1 amide bonds. The molecule has 3 N–H and O–H groups in total. The normalized spacial score (nSPS) is 12.6. The fourth-order valence-electron chi connectivity index (χ4n) is 2.19. The summed E-state index contributed by atoms with van der Waals surface area (Å²) in [4.78, 5) is 12.1. The number of benzene rings is 2. The van der Waals surface area contributed by atoms with Gasteiger partial charge in [0.15, 0.2) is 6.10 Å². The lowest BCUT2D eigenvalue weighted by Crippen LogP contribution is -2.32. The molecule has 0 aliphatic rings. The number of carbonyl (C=O) groups is 1. The molecule has 0 aliphatic heterocycles. The number of rotatable bonds is 8. The lowest BCUT2D eigenvalue weighted by Gasteiger charge is -2.12. The number of amides is 1. The van der Waals surface area contributed by atoms with Gasteiger partial charge in [-0.25, -0.2) is 13.1 Å². The van der Waals surface area contributed by atoms with Gasteiger partial charge in [0.25, 0.3) is 5.91 Å². The highest BCUT2D eigenvalue weighted by atomic mass is 32.2. The average Bonchev–Trinajstić information content (AvgIpc) is 2.61. The molecule has 0 fully saturated rings. The van der Waals surface area contributed by atoms with Crippen LogP contribution in [0.15, 0.2) is 59.5 Å². The quantitative estimate of drug-likeness (QED) is 0.620. The molecule has 2 rings (SSSR count). The Morgan fingerprint density at radius 3 is 2.32 bits per heavy atom. The van der Waals surface area contributed by atoms with Gasteiger partial charge in [0.05, 0.1) is 4.90 Å². The maximum atomic E-state index is 12.1. The monoisotopic (exact) mass is 362 g/mol. The van der Waals surface area contributed by atoms with Crippen LogP contribution in [0, 0.1) is 6.92 Å². The average molecular weight is 362 g/mol. The van der Waals surface area contributed by atoms with Gasteiger partial charge >= 0.3 is 0 Å². The van der Waals surface area contributed by atoms with Crippen LogP contribution in [0.5, 0.6) is 0 Å². The number of sulfonamides is 1. The molecule has 134 valence electrons. The molecular weight excluding hydrogens is 340 g/mol. The fraction of sp³-hybridized carbons (Fsp3) is 0.278. The van der Waals surface area contributed by atoms with Crippen LogP contribution in [-0.2, 0) is 14.8 Å². The Kier molecular flexibility index (Phi) is 6.69. The molecule has 0 spiro atoms.